The van der Waals surface area contributed by atoms with E-state index in [1.54, 1.807) is 23.5 Å². The Morgan fingerprint density at radius 3 is 2.67 bits per heavy atom. The second-order valence-electron chi connectivity index (χ2n) is 4.62. The molecule has 2 aromatic carbocycles. The summed E-state index contributed by atoms with van der Waals surface area (Å²) in [6.07, 6.45) is 0. The van der Waals surface area contributed by atoms with Crippen molar-refractivity contribution in [3.63, 3.8) is 0 Å². The van der Waals surface area contributed by atoms with Gasteiger partial charge in [-0.15, -0.1) is 11.3 Å². The highest BCUT2D eigenvalue weighted by Crippen LogP contribution is 2.34. The number of hydrogen-bond acceptors (Lipinski definition) is 3. The molecule has 5 heteroatoms. The minimum atomic E-state index is -0.391. The zero-order valence-electron chi connectivity index (χ0n) is 10.7. The van der Waals surface area contributed by atoms with Crippen molar-refractivity contribution in [1.82, 2.24) is 9.97 Å². The molecule has 0 spiro atoms. The number of halogens is 2. The van der Waals surface area contributed by atoms with Gasteiger partial charge in [-0.1, -0.05) is 35.9 Å². The molecule has 0 aliphatic heterocycles. The standard InChI is InChI=1S/C16H8ClFN2S/c17-15-10-5-3-6-12(18)14(10)19-16(20-15)11-8-21-13-7-2-1-4-9(11)13/h1-8H. The fourth-order valence-corrected chi connectivity index (χ4v) is 3.52. The van der Waals surface area contributed by atoms with Crippen LogP contribution in [0.4, 0.5) is 4.39 Å². The van der Waals surface area contributed by atoms with Crippen molar-refractivity contribution in [3.05, 3.63) is 58.8 Å². The average Bonchev–Trinajstić information content (AvgIpc) is 2.92. The highest BCUT2D eigenvalue weighted by atomic mass is 35.5. The van der Waals surface area contributed by atoms with Crippen LogP contribution in [0.15, 0.2) is 47.8 Å². The van der Waals surface area contributed by atoms with Crippen molar-refractivity contribution in [2.24, 2.45) is 0 Å². The molecule has 2 heterocycles. The molecular formula is C16H8ClFN2S. The van der Waals surface area contributed by atoms with E-state index in [0.717, 1.165) is 15.6 Å². The average molecular weight is 315 g/mol. The maximum atomic E-state index is 14.0. The van der Waals surface area contributed by atoms with Crippen LogP contribution in [-0.2, 0) is 0 Å². The molecule has 21 heavy (non-hydrogen) atoms. The predicted molar refractivity (Wildman–Crippen MR) is 85.3 cm³/mol. The van der Waals surface area contributed by atoms with Crippen molar-refractivity contribution in [3.8, 4) is 11.4 Å². The molecule has 0 amide bonds. The summed E-state index contributed by atoms with van der Waals surface area (Å²) in [7, 11) is 0. The van der Waals surface area contributed by atoms with E-state index in [2.05, 4.69) is 9.97 Å². The first-order valence-corrected chi connectivity index (χ1v) is 7.58. The molecule has 0 fully saturated rings. The van der Waals surface area contributed by atoms with E-state index >= 15 is 0 Å². The summed E-state index contributed by atoms with van der Waals surface area (Å²) in [5.74, 6) is 0.0626. The molecule has 0 atom stereocenters. The quantitative estimate of drug-likeness (QED) is 0.445. The monoisotopic (exact) mass is 314 g/mol. The van der Waals surface area contributed by atoms with Crippen LogP contribution in [0, 0.1) is 5.82 Å². The van der Waals surface area contributed by atoms with Crippen LogP contribution >= 0.6 is 22.9 Å². The van der Waals surface area contributed by atoms with Crippen LogP contribution in [0.2, 0.25) is 5.15 Å². The molecule has 4 rings (SSSR count). The van der Waals surface area contributed by atoms with Gasteiger partial charge in [0.05, 0.1) is 0 Å². The highest BCUT2D eigenvalue weighted by Gasteiger charge is 2.13. The van der Waals surface area contributed by atoms with Crippen LogP contribution in [0.1, 0.15) is 0 Å². The van der Waals surface area contributed by atoms with Crippen molar-refractivity contribution < 1.29 is 4.39 Å². The van der Waals surface area contributed by atoms with Gasteiger partial charge in [0.25, 0.3) is 0 Å². The molecule has 0 N–H and O–H groups in total. The first-order valence-electron chi connectivity index (χ1n) is 6.32. The van der Waals surface area contributed by atoms with Crippen LogP contribution in [0.3, 0.4) is 0 Å². The van der Waals surface area contributed by atoms with Crippen molar-refractivity contribution in [1.29, 1.82) is 0 Å². The number of benzene rings is 2. The highest BCUT2D eigenvalue weighted by molar-refractivity contribution is 7.17. The molecule has 0 unspecified atom stereocenters. The number of fused-ring (bicyclic) bond motifs is 2. The van der Waals surface area contributed by atoms with Gasteiger partial charge in [-0.05, 0) is 18.2 Å². The minimum Gasteiger partial charge on any atom is -0.225 e. The van der Waals surface area contributed by atoms with E-state index in [-0.39, 0.29) is 10.7 Å². The van der Waals surface area contributed by atoms with Gasteiger partial charge in [-0.3, -0.25) is 0 Å². The zero-order chi connectivity index (χ0) is 14.4. The predicted octanol–water partition coefficient (Wildman–Crippen LogP) is 5.30. The number of thiophene rings is 1. The Morgan fingerprint density at radius 1 is 0.952 bits per heavy atom. The van der Waals surface area contributed by atoms with E-state index in [4.69, 9.17) is 11.6 Å². The number of aromatic nitrogens is 2. The normalized spacial score (nSPS) is 11.3. The van der Waals surface area contributed by atoms with Gasteiger partial charge in [-0.25, -0.2) is 14.4 Å². The molecule has 102 valence electrons. The van der Waals surface area contributed by atoms with Gasteiger partial charge < -0.3 is 0 Å². The van der Waals surface area contributed by atoms with Gasteiger partial charge in [0.1, 0.15) is 16.5 Å². The van der Waals surface area contributed by atoms with E-state index < -0.39 is 5.82 Å². The lowest BCUT2D eigenvalue weighted by molar-refractivity contribution is 0.636. The molecule has 4 aromatic rings. The van der Waals surface area contributed by atoms with Crippen LogP contribution in [0.5, 0.6) is 0 Å². The Hall–Kier alpha value is -2.04. The summed E-state index contributed by atoms with van der Waals surface area (Å²) < 4.78 is 15.1. The van der Waals surface area contributed by atoms with Gasteiger partial charge in [0.15, 0.2) is 5.82 Å². The Labute approximate surface area is 128 Å². The molecule has 0 saturated carbocycles. The molecule has 0 saturated heterocycles. The fourth-order valence-electron chi connectivity index (χ4n) is 2.35. The third-order valence-corrected chi connectivity index (χ3v) is 4.60. The van der Waals surface area contributed by atoms with Crippen molar-refractivity contribution in [2.45, 2.75) is 0 Å². The van der Waals surface area contributed by atoms with E-state index in [1.807, 2.05) is 29.6 Å². The second kappa shape index (κ2) is 4.76. The third kappa shape index (κ3) is 1.99. The Morgan fingerprint density at radius 2 is 1.76 bits per heavy atom. The van der Waals surface area contributed by atoms with Crippen molar-refractivity contribution >= 4 is 43.9 Å². The molecule has 2 aromatic heterocycles. The first-order chi connectivity index (χ1) is 10.2. The van der Waals surface area contributed by atoms with Gasteiger partial charge in [0.2, 0.25) is 0 Å². The topological polar surface area (TPSA) is 25.8 Å². The van der Waals surface area contributed by atoms with E-state index in [9.17, 15) is 4.39 Å². The number of para-hydroxylation sites is 1. The zero-order valence-corrected chi connectivity index (χ0v) is 12.2. The number of hydrogen-bond donors (Lipinski definition) is 0. The van der Waals surface area contributed by atoms with Crippen molar-refractivity contribution in [2.75, 3.05) is 0 Å². The summed E-state index contributed by atoms with van der Waals surface area (Å²) in [5, 5.41) is 3.82. The van der Waals surface area contributed by atoms with Crippen LogP contribution < -0.4 is 0 Å². The van der Waals surface area contributed by atoms with Crippen LogP contribution in [-0.4, -0.2) is 9.97 Å². The Balaban J connectivity index is 2.05. The smallest absolute Gasteiger partial charge is 0.163 e. The summed E-state index contributed by atoms with van der Waals surface area (Å²) in [5.41, 5.74) is 1.13. The number of nitrogens with zero attached hydrogens (tertiary/aromatic N) is 2. The maximum Gasteiger partial charge on any atom is 0.163 e. The second-order valence-corrected chi connectivity index (χ2v) is 5.89. The van der Waals surface area contributed by atoms with Gasteiger partial charge in [0, 0.05) is 26.4 Å². The van der Waals surface area contributed by atoms with Gasteiger partial charge >= 0.3 is 0 Å². The minimum absolute atomic E-state index is 0.253. The maximum absolute atomic E-state index is 14.0. The molecule has 0 aliphatic carbocycles. The Kier molecular flexibility index (Phi) is 2.87. The fraction of sp³-hybridized carbons (Fsp3) is 0. The first kappa shape index (κ1) is 12.7. The van der Waals surface area contributed by atoms with E-state index in [1.165, 1.54) is 6.07 Å². The summed E-state index contributed by atoms with van der Waals surface area (Å²) >= 11 is 7.80. The summed E-state index contributed by atoms with van der Waals surface area (Å²) in [4.78, 5) is 8.69. The SMILES string of the molecule is Fc1cccc2c(Cl)nc(-c3csc4ccccc34)nc12. The molecule has 2 nitrogen and oxygen atoms in total. The summed E-state index contributed by atoms with van der Waals surface area (Å²) in [6, 6.07) is 12.7. The van der Waals surface area contributed by atoms with Crippen LogP contribution in [0.25, 0.3) is 32.4 Å². The molecular weight excluding hydrogens is 307 g/mol. The lowest BCUT2D eigenvalue weighted by atomic mass is 10.1. The lowest BCUT2D eigenvalue weighted by Crippen LogP contribution is -1.93. The lowest BCUT2D eigenvalue weighted by Gasteiger charge is -2.04. The number of rotatable bonds is 1. The summed E-state index contributed by atoms with van der Waals surface area (Å²) in [6.45, 7) is 0. The van der Waals surface area contributed by atoms with E-state index in [0.29, 0.717) is 11.2 Å². The van der Waals surface area contributed by atoms with Gasteiger partial charge in [-0.2, -0.15) is 0 Å². The third-order valence-electron chi connectivity index (χ3n) is 3.35. The molecule has 0 aliphatic rings. The largest absolute Gasteiger partial charge is 0.225 e. The Bertz CT molecular complexity index is 981. The molecule has 0 bridgehead atoms. The molecule has 0 radical (unpaired) electrons.